The van der Waals surface area contributed by atoms with E-state index < -0.39 is 0 Å². The lowest BCUT2D eigenvalue weighted by atomic mass is 10.1. The second kappa shape index (κ2) is 9.32. The molecule has 2 heterocycles. The minimum atomic E-state index is -0.350. The number of benzene rings is 2. The zero-order valence-corrected chi connectivity index (χ0v) is 19.6. The van der Waals surface area contributed by atoms with Crippen molar-refractivity contribution in [1.82, 2.24) is 14.9 Å². The van der Waals surface area contributed by atoms with Crippen LogP contribution in [0.3, 0.4) is 0 Å². The molecule has 4 rings (SSSR count). The molecule has 33 heavy (non-hydrogen) atoms. The molecule has 0 aliphatic carbocycles. The largest absolute Gasteiger partial charge is 0.488 e. The molecule has 0 fully saturated rings. The number of aryl methyl sites for hydroxylation is 4. The fourth-order valence-corrected chi connectivity index (χ4v) is 3.71. The molecule has 0 saturated heterocycles. The molecule has 2 aromatic heterocycles. The highest BCUT2D eigenvalue weighted by Gasteiger charge is 2.23. The fraction of sp³-hybridized carbons (Fsp3) is 0.269. The molecule has 0 bridgehead atoms. The van der Waals surface area contributed by atoms with E-state index in [4.69, 9.17) is 9.26 Å². The minimum absolute atomic E-state index is 0.188. The third-order valence-electron chi connectivity index (χ3n) is 5.71. The number of hydrogen-bond acceptors (Lipinski definition) is 5. The SMILES string of the molecule is Cc1ccc(C)c(OCc2c(C(=O)Nc3c(C)nn(Cc4ccccc4)c3C)noc2C)c1. The quantitative estimate of drug-likeness (QED) is 0.419. The number of hydrogen-bond donors (Lipinski definition) is 1. The summed E-state index contributed by atoms with van der Waals surface area (Å²) in [4.78, 5) is 13.1. The van der Waals surface area contributed by atoms with Gasteiger partial charge in [-0.05, 0) is 57.4 Å². The van der Waals surface area contributed by atoms with Crippen molar-refractivity contribution in [2.24, 2.45) is 0 Å². The van der Waals surface area contributed by atoms with Crippen molar-refractivity contribution < 1.29 is 14.1 Å². The van der Waals surface area contributed by atoms with Gasteiger partial charge >= 0.3 is 0 Å². The molecule has 0 radical (unpaired) electrons. The monoisotopic (exact) mass is 444 g/mol. The van der Waals surface area contributed by atoms with Crippen LogP contribution in [0, 0.1) is 34.6 Å². The molecule has 0 aliphatic heterocycles. The summed E-state index contributed by atoms with van der Waals surface area (Å²) in [5.74, 6) is 0.978. The summed E-state index contributed by atoms with van der Waals surface area (Å²) in [5.41, 5.74) is 6.40. The maximum absolute atomic E-state index is 13.1. The Labute approximate surface area is 193 Å². The number of nitrogens with zero attached hydrogens (tertiary/aromatic N) is 3. The molecule has 7 heteroatoms. The van der Waals surface area contributed by atoms with Crippen molar-refractivity contribution in [1.29, 1.82) is 0 Å². The van der Waals surface area contributed by atoms with E-state index in [1.807, 2.05) is 68.8 Å². The van der Waals surface area contributed by atoms with Gasteiger partial charge in [0, 0.05) is 0 Å². The lowest BCUT2D eigenvalue weighted by molar-refractivity contribution is 0.101. The third-order valence-corrected chi connectivity index (χ3v) is 5.71. The van der Waals surface area contributed by atoms with Crippen LogP contribution in [0.15, 0.2) is 53.1 Å². The number of ether oxygens (including phenoxy) is 1. The number of carbonyl (C=O) groups excluding carboxylic acids is 1. The lowest BCUT2D eigenvalue weighted by Gasteiger charge is -2.10. The van der Waals surface area contributed by atoms with E-state index in [0.29, 0.717) is 23.6 Å². The summed E-state index contributed by atoms with van der Waals surface area (Å²) >= 11 is 0. The lowest BCUT2D eigenvalue weighted by Crippen LogP contribution is -2.16. The fourth-order valence-electron chi connectivity index (χ4n) is 3.71. The topological polar surface area (TPSA) is 82.2 Å². The summed E-state index contributed by atoms with van der Waals surface area (Å²) < 4.78 is 13.2. The van der Waals surface area contributed by atoms with E-state index >= 15 is 0 Å². The molecule has 0 unspecified atom stereocenters. The van der Waals surface area contributed by atoms with Crippen LogP contribution in [0.2, 0.25) is 0 Å². The van der Waals surface area contributed by atoms with Gasteiger partial charge in [0.1, 0.15) is 18.1 Å². The van der Waals surface area contributed by atoms with E-state index in [9.17, 15) is 4.79 Å². The van der Waals surface area contributed by atoms with Crippen LogP contribution in [0.5, 0.6) is 5.75 Å². The van der Waals surface area contributed by atoms with Crippen LogP contribution in [-0.2, 0) is 13.2 Å². The van der Waals surface area contributed by atoms with Gasteiger partial charge in [-0.15, -0.1) is 0 Å². The second-order valence-electron chi connectivity index (χ2n) is 8.27. The first-order valence-electron chi connectivity index (χ1n) is 10.9. The van der Waals surface area contributed by atoms with E-state index in [-0.39, 0.29) is 18.2 Å². The summed E-state index contributed by atoms with van der Waals surface area (Å²) in [6.45, 7) is 10.4. The number of nitrogens with one attached hydrogen (secondary N) is 1. The zero-order chi connectivity index (χ0) is 23.5. The van der Waals surface area contributed by atoms with Gasteiger partial charge in [-0.1, -0.05) is 47.6 Å². The first kappa shape index (κ1) is 22.3. The molecule has 4 aromatic rings. The number of anilines is 1. The van der Waals surface area contributed by atoms with Gasteiger partial charge in [0.2, 0.25) is 0 Å². The van der Waals surface area contributed by atoms with Crippen molar-refractivity contribution in [3.8, 4) is 5.75 Å². The Morgan fingerprint density at radius 1 is 1.06 bits per heavy atom. The van der Waals surface area contributed by atoms with Crippen LogP contribution >= 0.6 is 0 Å². The van der Waals surface area contributed by atoms with Crippen molar-refractivity contribution in [2.45, 2.75) is 47.8 Å². The van der Waals surface area contributed by atoms with Gasteiger partial charge in [-0.25, -0.2) is 0 Å². The van der Waals surface area contributed by atoms with Gasteiger partial charge in [0.15, 0.2) is 5.69 Å². The van der Waals surface area contributed by atoms with Gasteiger partial charge in [-0.2, -0.15) is 5.10 Å². The molecule has 170 valence electrons. The number of amides is 1. The Hall–Kier alpha value is -3.87. The zero-order valence-electron chi connectivity index (χ0n) is 19.6. The molecule has 2 aromatic carbocycles. The Kier molecular flexibility index (Phi) is 6.31. The minimum Gasteiger partial charge on any atom is -0.488 e. The molecule has 1 N–H and O–H groups in total. The molecule has 0 saturated carbocycles. The Morgan fingerprint density at radius 2 is 1.82 bits per heavy atom. The summed E-state index contributed by atoms with van der Waals surface area (Å²) in [6.07, 6.45) is 0. The predicted octanol–water partition coefficient (Wildman–Crippen LogP) is 5.29. The molecule has 1 amide bonds. The van der Waals surface area contributed by atoms with Gasteiger partial charge < -0.3 is 14.6 Å². The van der Waals surface area contributed by atoms with E-state index in [1.54, 1.807) is 6.92 Å². The van der Waals surface area contributed by atoms with Crippen molar-refractivity contribution >= 4 is 11.6 Å². The maximum Gasteiger partial charge on any atom is 0.278 e. The van der Waals surface area contributed by atoms with Crippen LogP contribution in [0.4, 0.5) is 5.69 Å². The second-order valence-corrected chi connectivity index (χ2v) is 8.27. The maximum atomic E-state index is 13.1. The number of rotatable bonds is 7. The number of aromatic nitrogens is 3. The standard InChI is InChI=1S/C26H28N4O3/c1-16-11-12-17(2)23(13-16)32-15-22-20(5)33-29-25(22)26(31)27-24-18(3)28-30(19(24)4)14-21-9-7-6-8-10-21/h6-13H,14-15H2,1-5H3,(H,27,31). The Balaban J connectivity index is 1.52. The highest BCUT2D eigenvalue weighted by molar-refractivity contribution is 6.04. The van der Waals surface area contributed by atoms with Crippen LogP contribution in [-0.4, -0.2) is 20.8 Å². The first-order valence-corrected chi connectivity index (χ1v) is 10.9. The third kappa shape index (κ3) is 4.82. The van der Waals surface area contributed by atoms with Crippen LogP contribution in [0.25, 0.3) is 0 Å². The molecule has 0 spiro atoms. The van der Waals surface area contributed by atoms with Gasteiger partial charge in [0.05, 0.1) is 29.2 Å². The van der Waals surface area contributed by atoms with Gasteiger partial charge in [0.25, 0.3) is 5.91 Å². The molecular formula is C26H28N4O3. The van der Waals surface area contributed by atoms with E-state index in [0.717, 1.165) is 33.8 Å². The normalized spacial score (nSPS) is 10.9. The predicted molar refractivity (Wildman–Crippen MR) is 127 cm³/mol. The first-order chi connectivity index (χ1) is 15.8. The van der Waals surface area contributed by atoms with Gasteiger partial charge in [-0.3, -0.25) is 9.48 Å². The van der Waals surface area contributed by atoms with Crippen LogP contribution in [0.1, 0.15) is 49.9 Å². The molecular weight excluding hydrogens is 416 g/mol. The molecule has 0 aliphatic rings. The summed E-state index contributed by atoms with van der Waals surface area (Å²) in [5, 5.41) is 11.6. The smallest absolute Gasteiger partial charge is 0.278 e. The number of carbonyl (C=O) groups is 1. The van der Waals surface area contributed by atoms with E-state index in [1.165, 1.54) is 0 Å². The van der Waals surface area contributed by atoms with Crippen molar-refractivity contribution in [2.75, 3.05) is 5.32 Å². The van der Waals surface area contributed by atoms with Crippen molar-refractivity contribution in [3.05, 3.63) is 93.6 Å². The Morgan fingerprint density at radius 3 is 2.58 bits per heavy atom. The van der Waals surface area contributed by atoms with Crippen LogP contribution < -0.4 is 10.1 Å². The van der Waals surface area contributed by atoms with E-state index in [2.05, 4.69) is 27.7 Å². The Bertz CT molecular complexity index is 1290. The summed E-state index contributed by atoms with van der Waals surface area (Å²) in [6, 6.07) is 16.1. The summed E-state index contributed by atoms with van der Waals surface area (Å²) in [7, 11) is 0. The molecule has 0 atom stereocenters. The average Bonchev–Trinajstić information content (AvgIpc) is 3.29. The van der Waals surface area contributed by atoms with Crippen molar-refractivity contribution in [3.63, 3.8) is 0 Å². The highest BCUT2D eigenvalue weighted by atomic mass is 16.5. The highest BCUT2D eigenvalue weighted by Crippen LogP contribution is 2.25. The molecule has 7 nitrogen and oxygen atoms in total. The average molecular weight is 445 g/mol.